The summed E-state index contributed by atoms with van der Waals surface area (Å²) in [4.78, 5) is 24.5. The second-order valence-corrected chi connectivity index (χ2v) is 7.90. The zero-order chi connectivity index (χ0) is 22.9. The first-order valence-corrected chi connectivity index (χ1v) is 11.0. The van der Waals surface area contributed by atoms with Crippen molar-refractivity contribution in [3.05, 3.63) is 77.0 Å². The summed E-state index contributed by atoms with van der Waals surface area (Å²) in [7, 11) is 1.68. The molecule has 6 nitrogen and oxygen atoms in total. The average Bonchev–Trinajstić information content (AvgIpc) is 2.80. The molecule has 1 N–H and O–H groups in total. The lowest BCUT2D eigenvalue weighted by atomic mass is 10.0. The summed E-state index contributed by atoms with van der Waals surface area (Å²) >= 11 is 0. The third-order valence-electron chi connectivity index (χ3n) is 5.28. The number of nitrogens with one attached hydrogen (secondary N) is 1. The molecule has 0 aliphatic rings. The number of hydrogen-bond donors (Lipinski definition) is 1. The van der Waals surface area contributed by atoms with E-state index in [0.29, 0.717) is 43.4 Å². The number of nitrogens with zero attached hydrogens (tertiary/aromatic N) is 3. The number of aromatic nitrogens is 2. The van der Waals surface area contributed by atoms with Crippen LogP contribution in [0.1, 0.15) is 40.4 Å². The molecule has 0 radical (unpaired) electrons. The van der Waals surface area contributed by atoms with Gasteiger partial charge in [-0.15, -0.1) is 0 Å². The summed E-state index contributed by atoms with van der Waals surface area (Å²) in [5.74, 6) is 0.436. The molecule has 1 aromatic heterocycles. The van der Waals surface area contributed by atoms with Crippen LogP contribution in [0.5, 0.6) is 0 Å². The Hall–Kier alpha value is -3.25. The van der Waals surface area contributed by atoms with Crippen molar-refractivity contribution in [2.75, 3.05) is 32.1 Å². The highest BCUT2D eigenvalue weighted by atomic mass is 16.5. The Kier molecular flexibility index (Phi) is 8.34. The molecule has 6 heteroatoms. The van der Waals surface area contributed by atoms with Gasteiger partial charge in [-0.1, -0.05) is 59.7 Å². The summed E-state index contributed by atoms with van der Waals surface area (Å²) in [6, 6.07) is 16.3. The molecule has 1 heterocycles. The summed E-state index contributed by atoms with van der Waals surface area (Å²) in [5, 5.41) is 3.23. The molecule has 2 aromatic carbocycles. The van der Waals surface area contributed by atoms with Gasteiger partial charge in [-0.3, -0.25) is 4.79 Å². The van der Waals surface area contributed by atoms with E-state index in [0.717, 1.165) is 23.1 Å². The summed E-state index contributed by atoms with van der Waals surface area (Å²) in [6.45, 7) is 8.59. The van der Waals surface area contributed by atoms with E-state index in [-0.39, 0.29) is 5.91 Å². The highest BCUT2D eigenvalue weighted by Crippen LogP contribution is 2.25. The Morgan fingerprint density at radius 2 is 1.88 bits per heavy atom. The number of methoxy groups -OCH3 is 1. The molecule has 3 rings (SSSR count). The predicted molar refractivity (Wildman–Crippen MR) is 129 cm³/mol. The molecule has 0 spiro atoms. The number of carbonyl (C=O) groups is 1. The molecule has 0 fully saturated rings. The third-order valence-corrected chi connectivity index (χ3v) is 5.28. The van der Waals surface area contributed by atoms with Crippen molar-refractivity contribution in [1.82, 2.24) is 14.9 Å². The van der Waals surface area contributed by atoms with Crippen LogP contribution in [-0.2, 0) is 11.3 Å². The van der Waals surface area contributed by atoms with Crippen LogP contribution in [0.3, 0.4) is 0 Å². The smallest absolute Gasteiger partial charge is 0.257 e. The van der Waals surface area contributed by atoms with Gasteiger partial charge in [0.15, 0.2) is 0 Å². The lowest BCUT2D eigenvalue weighted by molar-refractivity contribution is 0.0752. The van der Waals surface area contributed by atoms with Gasteiger partial charge in [-0.2, -0.15) is 0 Å². The molecule has 0 aliphatic carbocycles. The van der Waals surface area contributed by atoms with Crippen molar-refractivity contribution in [3.63, 3.8) is 0 Å². The minimum absolute atomic E-state index is 0.0736. The van der Waals surface area contributed by atoms with Crippen molar-refractivity contribution in [3.8, 4) is 11.3 Å². The third kappa shape index (κ3) is 6.14. The van der Waals surface area contributed by atoms with E-state index >= 15 is 0 Å². The topological polar surface area (TPSA) is 67.4 Å². The van der Waals surface area contributed by atoms with Gasteiger partial charge in [0.1, 0.15) is 0 Å². The minimum Gasteiger partial charge on any atom is -0.385 e. The maximum Gasteiger partial charge on any atom is 0.257 e. The van der Waals surface area contributed by atoms with Gasteiger partial charge in [0.25, 0.3) is 5.91 Å². The van der Waals surface area contributed by atoms with E-state index in [4.69, 9.17) is 9.72 Å². The van der Waals surface area contributed by atoms with Gasteiger partial charge in [0.05, 0.1) is 11.3 Å². The van der Waals surface area contributed by atoms with Gasteiger partial charge >= 0.3 is 0 Å². The maximum absolute atomic E-state index is 13.5. The molecule has 0 atom stereocenters. The van der Waals surface area contributed by atoms with Gasteiger partial charge in [0, 0.05) is 45.1 Å². The van der Waals surface area contributed by atoms with Crippen LogP contribution in [0.4, 0.5) is 5.95 Å². The minimum atomic E-state index is -0.0736. The van der Waals surface area contributed by atoms with Crippen LogP contribution in [0.2, 0.25) is 0 Å². The van der Waals surface area contributed by atoms with Gasteiger partial charge in [-0.25, -0.2) is 9.97 Å². The fraction of sp³-hybridized carbons (Fsp3) is 0.346. The fourth-order valence-corrected chi connectivity index (χ4v) is 3.50. The highest BCUT2D eigenvalue weighted by Gasteiger charge is 2.21. The fourth-order valence-electron chi connectivity index (χ4n) is 3.50. The predicted octanol–water partition coefficient (Wildman–Crippen LogP) is 4.87. The SMILES string of the molecule is CCN(Cc1cccc(C)c1)C(=O)c1cnc(NCCCOC)nc1-c1ccc(C)cc1. The molecule has 0 unspecified atom stereocenters. The molecule has 0 saturated carbocycles. The molecule has 0 saturated heterocycles. The van der Waals surface area contributed by atoms with E-state index < -0.39 is 0 Å². The van der Waals surface area contributed by atoms with Gasteiger partial charge in [0.2, 0.25) is 5.95 Å². The van der Waals surface area contributed by atoms with Crippen molar-refractivity contribution in [1.29, 1.82) is 0 Å². The van der Waals surface area contributed by atoms with Crippen molar-refractivity contribution >= 4 is 11.9 Å². The Morgan fingerprint density at radius 1 is 1.09 bits per heavy atom. The number of aryl methyl sites for hydroxylation is 2. The Labute approximate surface area is 190 Å². The van der Waals surface area contributed by atoms with Crippen molar-refractivity contribution < 1.29 is 9.53 Å². The van der Waals surface area contributed by atoms with E-state index in [1.54, 1.807) is 13.3 Å². The normalized spacial score (nSPS) is 10.8. The van der Waals surface area contributed by atoms with Crippen LogP contribution >= 0.6 is 0 Å². The first kappa shape index (κ1) is 23.4. The Morgan fingerprint density at radius 3 is 2.56 bits per heavy atom. The number of rotatable bonds is 10. The molecular weight excluding hydrogens is 400 g/mol. The van der Waals surface area contributed by atoms with Crippen LogP contribution in [0, 0.1) is 13.8 Å². The zero-order valence-corrected chi connectivity index (χ0v) is 19.4. The average molecular weight is 433 g/mol. The number of hydrogen-bond acceptors (Lipinski definition) is 5. The van der Waals surface area contributed by atoms with Crippen molar-refractivity contribution in [2.24, 2.45) is 0 Å². The molecule has 32 heavy (non-hydrogen) atoms. The number of carbonyl (C=O) groups excluding carboxylic acids is 1. The van der Waals surface area contributed by atoms with Crippen LogP contribution in [0.25, 0.3) is 11.3 Å². The van der Waals surface area contributed by atoms with E-state index in [9.17, 15) is 4.79 Å². The summed E-state index contributed by atoms with van der Waals surface area (Å²) in [6.07, 6.45) is 2.49. The quantitative estimate of drug-likeness (QED) is 0.463. The number of anilines is 1. The molecular formula is C26H32N4O2. The summed E-state index contributed by atoms with van der Waals surface area (Å²) in [5.41, 5.74) is 5.48. The second-order valence-electron chi connectivity index (χ2n) is 7.90. The van der Waals surface area contributed by atoms with E-state index in [2.05, 4.69) is 29.4 Å². The largest absolute Gasteiger partial charge is 0.385 e. The number of ether oxygens (including phenoxy) is 1. The summed E-state index contributed by atoms with van der Waals surface area (Å²) < 4.78 is 5.10. The monoisotopic (exact) mass is 432 g/mol. The molecule has 0 aliphatic heterocycles. The standard InChI is InChI=1S/C26H32N4O2/c1-5-30(18-21-9-6-8-20(3)16-21)25(31)23-17-28-26(27-14-7-15-32-4)29-24(23)22-12-10-19(2)11-13-22/h6,8-13,16-17H,5,7,14-15,18H2,1-4H3,(H,27,28,29). The maximum atomic E-state index is 13.5. The van der Waals surface area contributed by atoms with Crippen molar-refractivity contribution in [2.45, 2.75) is 33.7 Å². The molecule has 1 amide bonds. The first-order valence-electron chi connectivity index (χ1n) is 11.0. The Bertz CT molecular complexity index is 1030. The van der Waals surface area contributed by atoms with Crippen LogP contribution in [0.15, 0.2) is 54.7 Å². The number of amides is 1. The molecule has 0 bridgehead atoms. The Balaban J connectivity index is 1.91. The van der Waals surface area contributed by atoms with Gasteiger partial charge < -0.3 is 15.0 Å². The van der Waals surface area contributed by atoms with E-state index in [1.165, 1.54) is 5.56 Å². The van der Waals surface area contributed by atoms with Crippen LogP contribution in [-0.4, -0.2) is 47.6 Å². The first-order chi connectivity index (χ1) is 15.5. The van der Waals surface area contributed by atoms with Crippen LogP contribution < -0.4 is 5.32 Å². The zero-order valence-electron chi connectivity index (χ0n) is 19.4. The van der Waals surface area contributed by atoms with Gasteiger partial charge in [-0.05, 0) is 32.8 Å². The van der Waals surface area contributed by atoms with E-state index in [1.807, 2.05) is 55.1 Å². The lowest BCUT2D eigenvalue weighted by Crippen LogP contribution is -2.31. The number of benzene rings is 2. The highest BCUT2D eigenvalue weighted by molar-refractivity contribution is 5.99. The lowest BCUT2D eigenvalue weighted by Gasteiger charge is -2.22. The molecule has 3 aromatic rings. The molecule has 168 valence electrons. The second kappa shape index (κ2) is 11.4.